The summed E-state index contributed by atoms with van der Waals surface area (Å²) in [6.07, 6.45) is 4.34. The van der Waals surface area contributed by atoms with E-state index in [2.05, 4.69) is 30.9 Å². The average Bonchev–Trinajstić information content (AvgIpc) is 2.91. The van der Waals surface area contributed by atoms with Gasteiger partial charge in [0.05, 0.1) is 5.02 Å². The van der Waals surface area contributed by atoms with Crippen molar-refractivity contribution in [2.24, 2.45) is 11.3 Å². The fourth-order valence-electron chi connectivity index (χ4n) is 3.03. The van der Waals surface area contributed by atoms with Gasteiger partial charge < -0.3 is 5.11 Å². The van der Waals surface area contributed by atoms with Crippen LogP contribution in [-0.2, 0) is 5.72 Å². The second-order valence-corrected chi connectivity index (χ2v) is 8.92. The molecule has 1 aromatic carbocycles. The van der Waals surface area contributed by atoms with E-state index >= 15 is 0 Å². The highest BCUT2D eigenvalue weighted by Crippen LogP contribution is 2.39. The van der Waals surface area contributed by atoms with Gasteiger partial charge in [-0.15, -0.1) is 0 Å². The van der Waals surface area contributed by atoms with Crippen LogP contribution >= 0.6 is 35.4 Å². The average molecular weight is 402 g/mol. The van der Waals surface area contributed by atoms with Gasteiger partial charge >= 0.3 is 0 Å². The highest BCUT2D eigenvalue weighted by molar-refractivity contribution is 7.71. The number of hydrogen-bond acceptors (Lipinski definition) is 3. The molecule has 0 bridgehead atoms. The van der Waals surface area contributed by atoms with Crippen molar-refractivity contribution in [2.45, 2.75) is 52.7 Å². The molecule has 1 heterocycles. The molecule has 0 saturated carbocycles. The molecule has 0 aliphatic heterocycles. The number of aromatic amines is 1. The third-order valence-corrected chi connectivity index (χ3v) is 5.31. The van der Waals surface area contributed by atoms with E-state index in [1.807, 2.05) is 6.92 Å². The number of H-pyrrole nitrogens is 1. The van der Waals surface area contributed by atoms with Gasteiger partial charge in [-0.25, -0.2) is 9.67 Å². The highest BCUT2D eigenvalue weighted by atomic mass is 35.5. The Morgan fingerprint density at radius 3 is 2.52 bits per heavy atom. The van der Waals surface area contributed by atoms with E-state index < -0.39 is 5.72 Å². The number of halogens is 2. The van der Waals surface area contributed by atoms with Crippen LogP contribution in [-0.4, -0.2) is 19.9 Å². The first-order chi connectivity index (χ1) is 11.6. The van der Waals surface area contributed by atoms with Crippen LogP contribution in [0.3, 0.4) is 0 Å². The van der Waals surface area contributed by atoms with Crippen LogP contribution in [0.25, 0.3) is 0 Å². The second kappa shape index (κ2) is 7.78. The molecule has 2 rings (SSSR count). The molecule has 0 aliphatic carbocycles. The zero-order valence-corrected chi connectivity index (χ0v) is 17.3. The van der Waals surface area contributed by atoms with Crippen LogP contribution in [0.1, 0.15) is 52.5 Å². The van der Waals surface area contributed by atoms with Gasteiger partial charge in [-0.05, 0) is 42.6 Å². The smallest absolute Gasteiger partial charge is 0.218 e. The molecule has 7 heteroatoms. The summed E-state index contributed by atoms with van der Waals surface area (Å²) in [5.41, 5.74) is -0.616. The van der Waals surface area contributed by atoms with Crippen molar-refractivity contribution in [1.29, 1.82) is 0 Å². The molecule has 0 fully saturated rings. The van der Waals surface area contributed by atoms with Crippen molar-refractivity contribution in [3.63, 3.8) is 0 Å². The van der Waals surface area contributed by atoms with E-state index in [1.165, 1.54) is 11.0 Å². The normalized spacial score (nSPS) is 15.8. The molecular formula is C18H25Cl2N3OS. The fraction of sp³-hybridized carbons (Fsp3) is 0.556. The van der Waals surface area contributed by atoms with Gasteiger partial charge in [-0.2, -0.15) is 0 Å². The van der Waals surface area contributed by atoms with Gasteiger partial charge in [0.15, 0.2) is 5.72 Å². The predicted molar refractivity (Wildman–Crippen MR) is 106 cm³/mol. The first-order valence-electron chi connectivity index (χ1n) is 8.36. The highest BCUT2D eigenvalue weighted by Gasteiger charge is 2.40. The van der Waals surface area contributed by atoms with Gasteiger partial charge in [-0.1, -0.05) is 63.4 Å². The van der Waals surface area contributed by atoms with E-state index in [4.69, 9.17) is 35.4 Å². The van der Waals surface area contributed by atoms with Gasteiger partial charge in [0.1, 0.15) is 6.33 Å². The largest absolute Gasteiger partial charge is 0.365 e. The summed E-state index contributed by atoms with van der Waals surface area (Å²) in [4.78, 5) is 4.05. The third kappa shape index (κ3) is 4.64. The summed E-state index contributed by atoms with van der Waals surface area (Å²) in [5, 5.41) is 15.5. The lowest BCUT2D eigenvalue weighted by Crippen LogP contribution is -2.42. The summed E-state index contributed by atoms with van der Waals surface area (Å²) in [6.45, 7) is 8.64. The summed E-state index contributed by atoms with van der Waals surface area (Å²) in [7, 11) is 0. The predicted octanol–water partition coefficient (Wildman–Crippen LogP) is 5.79. The lowest BCUT2D eigenvalue weighted by atomic mass is 9.83. The molecule has 0 amide bonds. The molecule has 2 unspecified atom stereocenters. The van der Waals surface area contributed by atoms with Crippen LogP contribution in [0.4, 0.5) is 0 Å². The molecular weight excluding hydrogens is 377 g/mol. The Labute approximate surface area is 164 Å². The molecule has 138 valence electrons. The van der Waals surface area contributed by atoms with E-state index in [1.54, 1.807) is 18.2 Å². The monoisotopic (exact) mass is 401 g/mol. The Morgan fingerprint density at radius 2 is 2.00 bits per heavy atom. The number of nitrogens with one attached hydrogen (secondary N) is 1. The van der Waals surface area contributed by atoms with Gasteiger partial charge in [-0.3, -0.25) is 5.10 Å². The zero-order chi connectivity index (χ0) is 18.8. The summed E-state index contributed by atoms with van der Waals surface area (Å²) < 4.78 is 1.77. The van der Waals surface area contributed by atoms with Crippen LogP contribution in [0.15, 0.2) is 24.5 Å². The Bertz CT molecular complexity index is 781. The zero-order valence-electron chi connectivity index (χ0n) is 15.0. The van der Waals surface area contributed by atoms with Crippen molar-refractivity contribution in [1.82, 2.24) is 14.8 Å². The molecule has 2 N–H and O–H groups in total. The number of aromatic nitrogens is 3. The van der Waals surface area contributed by atoms with Crippen LogP contribution in [0.2, 0.25) is 10.0 Å². The lowest BCUT2D eigenvalue weighted by Gasteiger charge is -2.36. The number of rotatable bonds is 6. The minimum Gasteiger partial charge on any atom is -0.365 e. The maximum atomic E-state index is 11.7. The standard InChI is InChI=1S/C18H25Cl2N3OS/c1-12(6-5-9-17(2,3)4)18(24,23-16(25)21-11-22-23)14-8-7-13(19)10-15(14)20/h7-8,10-12,24H,5-6,9H2,1-4H3,(H,21,22,25). The number of nitrogens with zero attached hydrogens (tertiary/aromatic N) is 2. The number of benzene rings is 1. The van der Waals surface area contributed by atoms with Crippen molar-refractivity contribution < 1.29 is 5.11 Å². The van der Waals surface area contributed by atoms with E-state index in [9.17, 15) is 5.11 Å². The minimum absolute atomic E-state index is 0.138. The van der Waals surface area contributed by atoms with Gasteiger partial charge in [0.25, 0.3) is 0 Å². The van der Waals surface area contributed by atoms with Crippen molar-refractivity contribution in [3.05, 3.63) is 44.9 Å². The quantitative estimate of drug-likeness (QED) is 0.601. The number of hydrogen-bond donors (Lipinski definition) is 2. The van der Waals surface area contributed by atoms with E-state index in [0.717, 1.165) is 19.3 Å². The van der Waals surface area contributed by atoms with Crippen LogP contribution in [0.5, 0.6) is 0 Å². The summed E-state index contributed by atoms with van der Waals surface area (Å²) >= 11 is 17.7. The molecule has 25 heavy (non-hydrogen) atoms. The number of aliphatic hydroxyl groups is 1. The first-order valence-corrected chi connectivity index (χ1v) is 9.53. The SMILES string of the molecule is CC(CCCC(C)(C)C)C(O)(c1ccc(Cl)cc1Cl)n1[nH]cnc1=S. The molecule has 4 nitrogen and oxygen atoms in total. The molecule has 1 aromatic heterocycles. The van der Waals surface area contributed by atoms with Crippen LogP contribution in [0, 0.1) is 16.1 Å². The minimum atomic E-state index is -1.42. The lowest BCUT2D eigenvalue weighted by molar-refractivity contribution is -0.0619. The maximum absolute atomic E-state index is 11.7. The maximum Gasteiger partial charge on any atom is 0.218 e. The molecule has 2 atom stereocenters. The van der Waals surface area contributed by atoms with Crippen molar-refractivity contribution in [2.75, 3.05) is 0 Å². The Kier molecular flexibility index (Phi) is 6.36. The Hall–Kier alpha value is -0.880. The van der Waals surface area contributed by atoms with E-state index in [-0.39, 0.29) is 16.1 Å². The van der Waals surface area contributed by atoms with Crippen LogP contribution < -0.4 is 0 Å². The van der Waals surface area contributed by atoms with Crippen molar-refractivity contribution >= 4 is 35.4 Å². The fourth-order valence-corrected chi connectivity index (χ4v) is 3.83. The van der Waals surface area contributed by atoms with Gasteiger partial charge in [0.2, 0.25) is 4.77 Å². The molecule has 0 saturated heterocycles. The molecule has 0 spiro atoms. The summed E-state index contributed by atoms with van der Waals surface area (Å²) in [6, 6.07) is 5.09. The topological polar surface area (TPSA) is 53.8 Å². The first kappa shape index (κ1) is 20.4. The Morgan fingerprint density at radius 1 is 1.32 bits per heavy atom. The second-order valence-electron chi connectivity index (χ2n) is 7.71. The summed E-state index contributed by atoms with van der Waals surface area (Å²) in [5.74, 6) is -0.138. The molecule has 2 aromatic rings. The Balaban J connectivity index is 2.43. The molecule has 0 radical (unpaired) electrons. The van der Waals surface area contributed by atoms with Crippen molar-refractivity contribution in [3.8, 4) is 0 Å². The molecule has 0 aliphatic rings. The third-order valence-electron chi connectivity index (χ3n) is 4.47. The van der Waals surface area contributed by atoms with E-state index in [0.29, 0.717) is 15.6 Å². The van der Waals surface area contributed by atoms with Gasteiger partial charge in [0, 0.05) is 16.5 Å².